The van der Waals surface area contributed by atoms with Crippen LogP contribution in [0.4, 0.5) is 4.79 Å². The minimum atomic E-state index is -1.06. The third-order valence-corrected chi connectivity index (χ3v) is 5.47. The second kappa shape index (κ2) is 11.3. The summed E-state index contributed by atoms with van der Waals surface area (Å²) >= 11 is 0. The number of aliphatic carboxylic acids is 1. The maximum Gasteiger partial charge on any atom is 0.407 e. The van der Waals surface area contributed by atoms with Crippen molar-refractivity contribution in [3.8, 4) is 11.1 Å². The standard InChI is InChI=1S/C24H28N2O6/c1-2-16(23(29)25-11-12-31-15-22(27)28)13-26-24(30)32-14-21-19-9-5-3-7-17(19)18-8-4-6-10-20(18)21/h3-10,16,21H,2,11-15H2,1H3,(H,25,29)(H,26,30)(H,27,28). The number of alkyl carbamates (subject to hydrolysis) is 1. The molecular formula is C24H28N2O6. The number of rotatable bonds is 11. The summed E-state index contributed by atoms with van der Waals surface area (Å²) in [6, 6.07) is 16.2. The Hall–Kier alpha value is -3.39. The second-order valence-corrected chi connectivity index (χ2v) is 7.55. The van der Waals surface area contributed by atoms with Crippen molar-refractivity contribution in [2.24, 2.45) is 5.92 Å². The van der Waals surface area contributed by atoms with Crippen LogP contribution < -0.4 is 10.6 Å². The Morgan fingerprint density at radius 1 is 1.00 bits per heavy atom. The Bertz CT molecular complexity index is 916. The molecule has 0 spiro atoms. The lowest BCUT2D eigenvalue weighted by molar-refractivity contribution is -0.142. The molecule has 2 amide bonds. The van der Waals surface area contributed by atoms with Crippen molar-refractivity contribution in [2.45, 2.75) is 19.3 Å². The third-order valence-electron chi connectivity index (χ3n) is 5.47. The highest BCUT2D eigenvalue weighted by atomic mass is 16.5. The first-order chi connectivity index (χ1) is 15.5. The Morgan fingerprint density at radius 3 is 2.22 bits per heavy atom. The van der Waals surface area contributed by atoms with E-state index in [0.29, 0.717) is 6.42 Å². The summed E-state index contributed by atoms with van der Waals surface area (Å²) in [5.74, 6) is -1.74. The van der Waals surface area contributed by atoms with E-state index < -0.39 is 24.6 Å². The molecule has 3 rings (SSSR count). The highest BCUT2D eigenvalue weighted by Crippen LogP contribution is 2.44. The van der Waals surface area contributed by atoms with E-state index in [1.807, 2.05) is 31.2 Å². The van der Waals surface area contributed by atoms with Gasteiger partial charge in [0.15, 0.2) is 0 Å². The molecule has 0 bridgehead atoms. The summed E-state index contributed by atoms with van der Waals surface area (Å²) in [5, 5.41) is 13.9. The Kier molecular flexibility index (Phi) is 8.21. The van der Waals surface area contributed by atoms with E-state index in [9.17, 15) is 14.4 Å². The molecule has 3 N–H and O–H groups in total. The molecule has 0 aliphatic heterocycles. The van der Waals surface area contributed by atoms with Crippen LogP contribution in [-0.4, -0.2) is 56.0 Å². The van der Waals surface area contributed by atoms with Crippen molar-refractivity contribution in [1.82, 2.24) is 10.6 Å². The van der Waals surface area contributed by atoms with Crippen molar-refractivity contribution in [3.63, 3.8) is 0 Å². The molecule has 1 aliphatic carbocycles. The molecule has 32 heavy (non-hydrogen) atoms. The molecule has 1 atom stereocenters. The molecule has 2 aromatic rings. The van der Waals surface area contributed by atoms with Gasteiger partial charge in [-0.3, -0.25) is 4.79 Å². The monoisotopic (exact) mass is 440 g/mol. The number of hydrogen-bond acceptors (Lipinski definition) is 5. The maximum absolute atomic E-state index is 12.3. The largest absolute Gasteiger partial charge is 0.480 e. The molecule has 0 aromatic heterocycles. The summed E-state index contributed by atoms with van der Waals surface area (Å²) in [6.07, 6.45) is -0.0335. The highest BCUT2D eigenvalue weighted by Gasteiger charge is 2.29. The minimum absolute atomic E-state index is 0.0239. The maximum atomic E-state index is 12.3. The SMILES string of the molecule is CCC(CNC(=O)OCC1c2ccccc2-c2ccccc21)C(=O)NCCOCC(=O)O. The van der Waals surface area contributed by atoms with Gasteiger partial charge in [-0.15, -0.1) is 0 Å². The first-order valence-electron chi connectivity index (χ1n) is 10.7. The molecule has 0 heterocycles. The fourth-order valence-corrected chi connectivity index (χ4v) is 3.83. The number of benzene rings is 2. The van der Waals surface area contributed by atoms with Gasteiger partial charge in [0, 0.05) is 19.0 Å². The summed E-state index contributed by atoms with van der Waals surface area (Å²) in [7, 11) is 0. The quantitative estimate of drug-likeness (QED) is 0.463. The van der Waals surface area contributed by atoms with Gasteiger partial charge in [-0.05, 0) is 28.7 Å². The van der Waals surface area contributed by atoms with Crippen LogP contribution in [0.3, 0.4) is 0 Å². The van der Waals surface area contributed by atoms with Crippen LogP contribution in [0.15, 0.2) is 48.5 Å². The molecule has 0 fully saturated rings. The molecule has 0 radical (unpaired) electrons. The number of amides is 2. The number of carbonyl (C=O) groups excluding carboxylic acids is 2. The van der Waals surface area contributed by atoms with Crippen LogP contribution in [0.25, 0.3) is 11.1 Å². The average Bonchev–Trinajstić information content (AvgIpc) is 3.11. The zero-order valence-corrected chi connectivity index (χ0v) is 18.0. The number of hydrogen-bond donors (Lipinski definition) is 3. The first-order valence-corrected chi connectivity index (χ1v) is 10.7. The van der Waals surface area contributed by atoms with E-state index in [1.54, 1.807) is 0 Å². The average molecular weight is 440 g/mol. The number of fused-ring (bicyclic) bond motifs is 3. The molecule has 0 saturated carbocycles. The predicted molar refractivity (Wildman–Crippen MR) is 118 cm³/mol. The molecule has 8 nitrogen and oxygen atoms in total. The van der Waals surface area contributed by atoms with Gasteiger partial charge in [-0.2, -0.15) is 0 Å². The normalized spacial score (nSPS) is 13.0. The lowest BCUT2D eigenvalue weighted by Crippen LogP contribution is -2.40. The molecule has 170 valence electrons. The van der Waals surface area contributed by atoms with Gasteiger partial charge in [0.2, 0.25) is 5.91 Å². The summed E-state index contributed by atoms with van der Waals surface area (Å²) < 4.78 is 10.4. The number of carboxylic acids is 1. The van der Waals surface area contributed by atoms with Crippen molar-refractivity contribution in [3.05, 3.63) is 59.7 Å². The van der Waals surface area contributed by atoms with Crippen LogP contribution in [0.1, 0.15) is 30.4 Å². The molecule has 2 aromatic carbocycles. The summed E-state index contributed by atoms with van der Waals surface area (Å²) in [4.78, 5) is 34.9. The van der Waals surface area contributed by atoms with Crippen molar-refractivity contribution in [2.75, 3.05) is 32.9 Å². The van der Waals surface area contributed by atoms with Crippen LogP contribution in [0, 0.1) is 5.92 Å². The van der Waals surface area contributed by atoms with Gasteiger partial charge < -0.3 is 25.2 Å². The van der Waals surface area contributed by atoms with Crippen LogP contribution in [0.5, 0.6) is 0 Å². The zero-order chi connectivity index (χ0) is 22.9. The zero-order valence-electron chi connectivity index (χ0n) is 18.0. The van der Waals surface area contributed by atoms with Gasteiger partial charge in [0.1, 0.15) is 13.2 Å². The number of ether oxygens (including phenoxy) is 2. The summed E-state index contributed by atoms with van der Waals surface area (Å²) in [5.41, 5.74) is 4.59. The van der Waals surface area contributed by atoms with Gasteiger partial charge in [0.25, 0.3) is 0 Å². The van der Waals surface area contributed by atoms with Crippen LogP contribution in [-0.2, 0) is 19.1 Å². The van der Waals surface area contributed by atoms with Gasteiger partial charge in [-0.25, -0.2) is 9.59 Å². The van der Waals surface area contributed by atoms with Crippen molar-refractivity contribution < 1.29 is 29.0 Å². The van der Waals surface area contributed by atoms with E-state index in [-0.39, 0.29) is 38.1 Å². The Morgan fingerprint density at radius 2 is 1.62 bits per heavy atom. The fourth-order valence-electron chi connectivity index (χ4n) is 3.83. The Balaban J connectivity index is 1.45. The van der Waals surface area contributed by atoms with E-state index in [0.717, 1.165) is 22.3 Å². The smallest absolute Gasteiger partial charge is 0.407 e. The lowest BCUT2D eigenvalue weighted by atomic mass is 9.98. The fraction of sp³-hybridized carbons (Fsp3) is 0.375. The van der Waals surface area contributed by atoms with Crippen molar-refractivity contribution >= 4 is 18.0 Å². The predicted octanol–water partition coefficient (Wildman–Crippen LogP) is 2.77. The lowest BCUT2D eigenvalue weighted by Gasteiger charge is -2.17. The number of nitrogens with one attached hydrogen (secondary N) is 2. The molecule has 0 saturated heterocycles. The van der Waals surface area contributed by atoms with E-state index in [1.165, 1.54) is 0 Å². The first kappa shape index (κ1) is 23.3. The molecule has 1 aliphatic rings. The van der Waals surface area contributed by atoms with E-state index >= 15 is 0 Å². The van der Waals surface area contributed by atoms with Crippen LogP contribution in [0.2, 0.25) is 0 Å². The van der Waals surface area contributed by atoms with E-state index in [2.05, 4.69) is 34.9 Å². The second-order valence-electron chi connectivity index (χ2n) is 7.55. The number of carboxylic acid groups (broad SMARTS) is 1. The van der Waals surface area contributed by atoms with Gasteiger partial charge in [0.05, 0.1) is 12.5 Å². The van der Waals surface area contributed by atoms with E-state index in [4.69, 9.17) is 14.6 Å². The third kappa shape index (κ3) is 5.85. The topological polar surface area (TPSA) is 114 Å². The minimum Gasteiger partial charge on any atom is -0.480 e. The number of carbonyl (C=O) groups is 3. The van der Waals surface area contributed by atoms with Gasteiger partial charge >= 0.3 is 12.1 Å². The molecule has 8 heteroatoms. The highest BCUT2D eigenvalue weighted by molar-refractivity contribution is 5.80. The molecular weight excluding hydrogens is 412 g/mol. The Labute approximate surface area is 186 Å². The van der Waals surface area contributed by atoms with Crippen LogP contribution >= 0.6 is 0 Å². The summed E-state index contributed by atoms with van der Waals surface area (Å²) in [6.45, 7) is 2.11. The van der Waals surface area contributed by atoms with Crippen molar-refractivity contribution in [1.29, 1.82) is 0 Å². The molecule has 1 unspecified atom stereocenters. The van der Waals surface area contributed by atoms with Gasteiger partial charge in [-0.1, -0.05) is 55.5 Å².